The summed E-state index contributed by atoms with van der Waals surface area (Å²) in [6.45, 7) is 0.847. The van der Waals surface area contributed by atoms with E-state index in [9.17, 15) is 0 Å². The molecular formula is C10H8I2N2. The van der Waals surface area contributed by atoms with Crippen LogP contribution in [-0.4, -0.2) is 9.78 Å². The second kappa shape index (κ2) is 4.61. The van der Waals surface area contributed by atoms with Crippen molar-refractivity contribution in [2.24, 2.45) is 0 Å². The van der Waals surface area contributed by atoms with Gasteiger partial charge in [0.2, 0.25) is 0 Å². The van der Waals surface area contributed by atoms with E-state index in [0.29, 0.717) is 0 Å². The molecule has 0 radical (unpaired) electrons. The van der Waals surface area contributed by atoms with Crippen LogP contribution in [0.3, 0.4) is 0 Å². The monoisotopic (exact) mass is 410 g/mol. The molecule has 1 aromatic heterocycles. The van der Waals surface area contributed by atoms with Crippen LogP contribution >= 0.6 is 45.2 Å². The maximum atomic E-state index is 4.40. The number of halogens is 2. The van der Waals surface area contributed by atoms with Gasteiger partial charge < -0.3 is 0 Å². The summed E-state index contributed by atoms with van der Waals surface area (Å²) in [4.78, 5) is 0. The molecule has 0 fully saturated rings. The van der Waals surface area contributed by atoms with Crippen LogP contribution in [-0.2, 0) is 6.54 Å². The Balaban J connectivity index is 2.19. The van der Waals surface area contributed by atoms with Gasteiger partial charge in [-0.05, 0) is 50.7 Å². The summed E-state index contributed by atoms with van der Waals surface area (Å²) in [5.41, 5.74) is 1.28. The largest absolute Gasteiger partial charge is 0.266 e. The van der Waals surface area contributed by atoms with Crippen LogP contribution < -0.4 is 0 Å². The first-order valence-electron chi connectivity index (χ1n) is 4.18. The van der Waals surface area contributed by atoms with E-state index >= 15 is 0 Å². The molecular weight excluding hydrogens is 402 g/mol. The zero-order valence-corrected chi connectivity index (χ0v) is 11.6. The van der Waals surface area contributed by atoms with E-state index in [4.69, 9.17) is 0 Å². The van der Waals surface area contributed by atoms with Crippen molar-refractivity contribution in [2.75, 3.05) is 0 Å². The van der Waals surface area contributed by atoms with Crippen LogP contribution in [0.15, 0.2) is 36.5 Å². The van der Waals surface area contributed by atoms with Gasteiger partial charge in [-0.15, -0.1) is 0 Å². The third kappa shape index (κ3) is 2.47. The summed E-state index contributed by atoms with van der Waals surface area (Å²) in [6.07, 6.45) is 2.06. The Morgan fingerprint density at radius 3 is 2.43 bits per heavy atom. The number of rotatable bonds is 2. The number of nitrogens with zero attached hydrogens (tertiary/aromatic N) is 2. The Labute approximate surface area is 110 Å². The number of hydrogen-bond acceptors (Lipinski definition) is 1. The van der Waals surface area contributed by atoms with E-state index in [1.807, 2.05) is 10.7 Å². The summed E-state index contributed by atoms with van der Waals surface area (Å²) >= 11 is 4.55. The summed E-state index contributed by atoms with van der Waals surface area (Å²) in [6, 6.07) is 10.4. The Morgan fingerprint density at radius 2 is 1.86 bits per heavy atom. The van der Waals surface area contributed by atoms with Crippen molar-refractivity contribution in [3.05, 3.63) is 49.4 Å². The van der Waals surface area contributed by atoms with Gasteiger partial charge in [-0.25, -0.2) is 0 Å². The van der Waals surface area contributed by atoms with Gasteiger partial charge in [0, 0.05) is 6.20 Å². The minimum absolute atomic E-state index is 0.847. The molecule has 1 heterocycles. The number of aromatic nitrogens is 2. The second-order valence-electron chi connectivity index (χ2n) is 2.95. The van der Waals surface area contributed by atoms with Crippen LogP contribution in [0.5, 0.6) is 0 Å². The fourth-order valence-electron chi connectivity index (χ4n) is 1.22. The van der Waals surface area contributed by atoms with Crippen molar-refractivity contribution in [2.45, 2.75) is 6.54 Å². The Kier molecular flexibility index (Phi) is 3.42. The lowest BCUT2D eigenvalue weighted by molar-refractivity contribution is 0.681. The van der Waals surface area contributed by atoms with Crippen molar-refractivity contribution in [1.29, 1.82) is 0 Å². The molecule has 72 valence electrons. The third-order valence-corrected chi connectivity index (χ3v) is 4.48. The summed E-state index contributed by atoms with van der Waals surface area (Å²) in [5.74, 6) is 0. The van der Waals surface area contributed by atoms with Gasteiger partial charge in [-0.3, -0.25) is 4.68 Å². The highest BCUT2D eigenvalue weighted by molar-refractivity contribution is 14.1. The smallest absolute Gasteiger partial charge is 0.136 e. The van der Waals surface area contributed by atoms with Gasteiger partial charge in [0.15, 0.2) is 0 Å². The lowest BCUT2D eigenvalue weighted by Crippen LogP contribution is -1.99. The molecule has 0 aliphatic heterocycles. The van der Waals surface area contributed by atoms with Gasteiger partial charge in [0.05, 0.1) is 10.1 Å². The fraction of sp³-hybridized carbons (Fsp3) is 0.100. The average Bonchev–Trinajstić information content (AvgIpc) is 2.47. The van der Waals surface area contributed by atoms with Crippen molar-refractivity contribution < 1.29 is 0 Å². The molecule has 0 atom stereocenters. The van der Waals surface area contributed by atoms with E-state index < -0.39 is 0 Å². The SMILES string of the molecule is Ic1cn(Cc2ccccc2)nc1I. The molecule has 1 aromatic carbocycles. The lowest BCUT2D eigenvalue weighted by Gasteiger charge is -2.00. The molecule has 0 unspecified atom stereocenters. The normalized spacial score (nSPS) is 10.4. The Bertz CT molecular complexity index is 403. The predicted molar refractivity (Wildman–Crippen MR) is 73.2 cm³/mol. The molecule has 0 amide bonds. The first kappa shape index (κ1) is 10.4. The molecule has 0 N–H and O–H groups in total. The minimum Gasteiger partial charge on any atom is -0.266 e. The fourth-order valence-corrected chi connectivity index (χ4v) is 2.07. The summed E-state index contributed by atoms with van der Waals surface area (Å²) in [5, 5.41) is 4.40. The van der Waals surface area contributed by atoms with Crippen LogP contribution in [0, 0.1) is 7.27 Å². The predicted octanol–water partition coefficient (Wildman–Crippen LogP) is 3.14. The standard InChI is InChI=1S/C10H8I2N2/c11-9-7-14(13-10(9)12)6-8-4-2-1-3-5-8/h1-5,7H,6H2. The van der Waals surface area contributed by atoms with Gasteiger partial charge in [-0.2, -0.15) is 5.10 Å². The zero-order chi connectivity index (χ0) is 9.97. The topological polar surface area (TPSA) is 17.8 Å². The third-order valence-electron chi connectivity index (χ3n) is 1.86. The molecule has 0 bridgehead atoms. The van der Waals surface area contributed by atoms with Crippen LogP contribution in [0.2, 0.25) is 0 Å². The molecule has 4 heteroatoms. The Morgan fingerprint density at radius 1 is 1.14 bits per heavy atom. The van der Waals surface area contributed by atoms with Crippen molar-refractivity contribution >= 4 is 45.2 Å². The summed E-state index contributed by atoms with van der Waals surface area (Å²) in [7, 11) is 0. The Hall–Kier alpha value is -0.110. The van der Waals surface area contributed by atoms with Gasteiger partial charge >= 0.3 is 0 Å². The highest BCUT2D eigenvalue weighted by Gasteiger charge is 2.02. The van der Waals surface area contributed by atoms with Crippen LogP contribution in [0.4, 0.5) is 0 Å². The van der Waals surface area contributed by atoms with Gasteiger partial charge in [-0.1, -0.05) is 30.3 Å². The average molecular weight is 410 g/mol. The van der Waals surface area contributed by atoms with E-state index in [0.717, 1.165) is 10.2 Å². The van der Waals surface area contributed by atoms with Crippen molar-refractivity contribution in [1.82, 2.24) is 9.78 Å². The first-order valence-corrected chi connectivity index (χ1v) is 6.34. The zero-order valence-electron chi connectivity index (χ0n) is 7.32. The van der Waals surface area contributed by atoms with E-state index in [1.165, 1.54) is 9.13 Å². The van der Waals surface area contributed by atoms with Crippen LogP contribution in [0.25, 0.3) is 0 Å². The highest BCUT2D eigenvalue weighted by Crippen LogP contribution is 2.13. The maximum absolute atomic E-state index is 4.40. The highest BCUT2D eigenvalue weighted by atomic mass is 127. The molecule has 14 heavy (non-hydrogen) atoms. The van der Waals surface area contributed by atoms with Gasteiger partial charge in [0.25, 0.3) is 0 Å². The number of hydrogen-bond donors (Lipinski definition) is 0. The van der Waals surface area contributed by atoms with Crippen molar-refractivity contribution in [3.63, 3.8) is 0 Å². The van der Waals surface area contributed by atoms with Gasteiger partial charge in [0.1, 0.15) is 3.70 Å². The lowest BCUT2D eigenvalue weighted by atomic mass is 10.2. The van der Waals surface area contributed by atoms with E-state index in [1.54, 1.807) is 0 Å². The van der Waals surface area contributed by atoms with Crippen LogP contribution in [0.1, 0.15) is 5.56 Å². The molecule has 2 aromatic rings. The first-order chi connectivity index (χ1) is 6.75. The molecule has 0 aliphatic rings. The summed E-state index contributed by atoms with van der Waals surface area (Å²) < 4.78 is 4.25. The number of benzene rings is 1. The maximum Gasteiger partial charge on any atom is 0.136 e. The molecule has 0 spiro atoms. The minimum atomic E-state index is 0.847. The van der Waals surface area contributed by atoms with E-state index in [2.05, 4.69) is 80.7 Å². The molecule has 2 rings (SSSR count). The van der Waals surface area contributed by atoms with E-state index in [-0.39, 0.29) is 0 Å². The molecule has 0 saturated heterocycles. The second-order valence-corrected chi connectivity index (χ2v) is 5.14. The quantitative estimate of drug-likeness (QED) is 0.697. The molecule has 0 saturated carbocycles. The molecule has 2 nitrogen and oxygen atoms in total. The molecule has 0 aliphatic carbocycles. The van der Waals surface area contributed by atoms with Crippen molar-refractivity contribution in [3.8, 4) is 0 Å².